The van der Waals surface area contributed by atoms with E-state index < -0.39 is 0 Å². The van der Waals surface area contributed by atoms with Crippen molar-refractivity contribution in [2.24, 2.45) is 12.8 Å². The van der Waals surface area contributed by atoms with Gasteiger partial charge in [-0.05, 0) is 14.0 Å². The normalized spacial score (nSPS) is 11.2. The van der Waals surface area contributed by atoms with Gasteiger partial charge in [0.2, 0.25) is 0 Å². The molecular formula is C9H18N4. The summed E-state index contributed by atoms with van der Waals surface area (Å²) in [5.41, 5.74) is 7.84. The Labute approximate surface area is 79.3 Å². The van der Waals surface area contributed by atoms with E-state index >= 15 is 0 Å². The fourth-order valence-corrected chi connectivity index (χ4v) is 1.39. The summed E-state index contributed by atoms with van der Waals surface area (Å²) in [4.78, 5) is 2.20. The number of hydrogen-bond donors (Lipinski definition) is 1. The van der Waals surface area contributed by atoms with Crippen molar-refractivity contribution in [2.45, 2.75) is 13.5 Å². The van der Waals surface area contributed by atoms with Crippen LogP contribution >= 0.6 is 0 Å². The van der Waals surface area contributed by atoms with Crippen molar-refractivity contribution in [3.05, 3.63) is 17.5 Å². The summed E-state index contributed by atoms with van der Waals surface area (Å²) in [5.74, 6) is 0. The standard InChI is InChI=1S/C9H18N4/c1-8-9(7-13(3)11-8)6-12(2)5-4-10/h7H,4-6,10H2,1-3H3. The molecular weight excluding hydrogens is 164 g/mol. The van der Waals surface area contributed by atoms with E-state index in [1.54, 1.807) is 0 Å². The minimum absolute atomic E-state index is 0.704. The summed E-state index contributed by atoms with van der Waals surface area (Å²) < 4.78 is 1.85. The van der Waals surface area contributed by atoms with Crippen molar-refractivity contribution in [2.75, 3.05) is 20.1 Å². The van der Waals surface area contributed by atoms with Crippen LogP contribution in [0.3, 0.4) is 0 Å². The molecule has 0 aliphatic heterocycles. The zero-order valence-electron chi connectivity index (χ0n) is 8.62. The predicted molar refractivity (Wildman–Crippen MR) is 53.3 cm³/mol. The molecule has 4 nitrogen and oxygen atoms in total. The van der Waals surface area contributed by atoms with Crippen LogP contribution < -0.4 is 5.73 Å². The molecule has 0 unspecified atom stereocenters. The molecule has 13 heavy (non-hydrogen) atoms. The molecule has 0 aliphatic rings. The molecule has 0 atom stereocenters. The smallest absolute Gasteiger partial charge is 0.0638 e. The van der Waals surface area contributed by atoms with Crippen molar-refractivity contribution in [3.63, 3.8) is 0 Å². The fraction of sp³-hybridized carbons (Fsp3) is 0.667. The van der Waals surface area contributed by atoms with E-state index in [9.17, 15) is 0 Å². The third-order valence-electron chi connectivity index (χ3n) is 2.07. The minimum Gasteiger partial charge on any atom is -0.329 e. The Morgan fingerprint density at radius 3 is 2.77 bits per heavy atom. The van der Waals surface area contributed by atoms with E-state index in [-0.39, 0.29) is 0 Å². The van der Waals surface area contributed by atoms with Crippen LogP contribution in [0.15, 0.2) is 6.20 Å². The van der Waals surface area contributed by atoms with E-state index in [1.165, 1.54) is 5.56 Å². The average Bonchev–Trinajstić information content (AvgIpc) is 2.30. The molecule has 0 spiro atoms. The molecule has 0 amide bonds. The molecule has 0 saturated carbocycles. The van der Waals surface area contributed by atoms with Gasteiger partial charge in [0.15, 0.2) is 0 Å². The van der Waals surface area contributed by atoms with Gasteiger partial charge in [0, 0.05) is 38.4 Å². The van der Waals surface area contributed by atoms with Crippen molar-refractivity contribution in [1.29, 1.82) is 0 Å². The van der Waals surface area contributed by atoms with E-state index in [0.717, 1.165) is 18.8 Å². The number of nitrogens with two attached hydrogens (primary N) is 1. The summed E-state index contributed by atoms with van der Waals surface area (Å²) in [7, 11) is 4.01. The Balaban J connectivity index is 2.57. The van der Waals surface area contributed by atoms with Gasteiger partial charge in [0.05, 0.1) is 5.69 Å². The van der Waals surface area contributed by atoms with Crippen LogP contribution in [0.1, 0.15) is 11.3 Å². The van der Waals surface area contributed by atoms with E-state index in [0.29, 0.717) is 6.54 Å². The largest absolute Gasteiger partial charge is 0.329 e. The van der Waals surface area contributed by atoms with E-state index in [1.807, 2.05) is 18.7 Å². The quantitative estimate of drug-likeness (QED) is 0.719. The van der Waals surface area contributed by atoms with Gasteiger partial charge in [0.1, 0.15) is 0 Å². The van der Waals surface area contributed by atoms with Gasteiger partial charge in [0.25, 0.3) is 0 Å². The van der Waals surface area contributed by atoms with Crippen molar-refractivity contribution >= 4 is 0 Å². The molecule has 1 aromatic heterocycles. The molecule has 0 saturated heterocycles. The predicted octanol–water partition coefficient (Wildman–Crippen LogP) is 0.119. The van der Waals surface area contributed by atoms with Crippen LogP contribution in [-0.2, 0) is 13.6 Å². The fourth-order valence-electron chi connectivity index (χ4n) is 1.39. The van der Waals surface area contributed by atoms with Crippen LogP contribution in [0, 0.1) is 6.92 Å². The Morgan fingerprint density at radius 2 is 2.31 bits per heavy atom. The van der Waals surface area contributed by atoms with E-state index in [4.69, 9.17) is 5.73 Å². The summed E-state index contributed by atoms with van der Waals surface area (Å²) >= 11 is 0. The van der Waals surface area contributed by atoms with Crippen LogP contribution in [0.2, 0.25) is 0 Å². The molecule has 2 N–H and O–H groups in total. The zero-order chi connectivity index (χ0) is 9.84. The lowest BCUT2D eigenvalue weighted by molar-refractivity contribution is 0.335. The number of aryl methyl sites for hydroxylation is 2. The Kier molecular flexibility index (Phi) is 3.45. The number of likely N-dealkylation sites (N-methyl/N-ethyl adjacent to an activating group) is 1. The Hall–Kier alpha value is -0.870. The molecule has 4 heteroatoms. The summed E-state index contributed by atoms with van der Waals surface area (Å²) in [6.07, 6.45) is 2.06. The lowest BCUT2D eigenvalue weighted by Crippen LogP contribution is -2.25. The van der Waals surface area contributed by atoms with Crippen molar-refractivity contribution in [3.8, 4) is 0 Å². The minimum atomic E-state index is 0.704. The second-order valence-corrected chi connectivity index (χ2v) is 3.44. The first kappa shape index (κ1) is 10.2. The molecule has 0 radical (unpaired) electrons. The molecule has 1 heterocycles. The molecule has 1 rings (SSSR count). The third kappa shape index (κ3) is 2.82. The first-order valence-electron chi connectivity index (χ1n) is 4.51. The Bertz CT molecular complexity index is 267. The van der Waals surface area contributed by atoms with Gasteiger partial charge in [-0.1, -0.05) is 0 Å². The zero-order valence-corrected chi connectivity index (χ0v) is 8.62. The number of aromatic nitrogens is 2. The highest BCUT2D eigenvalue weighted by molar-refractivity contribution is 5.14. The molecule has 74 valence electrons. The maximum absolute atomic E-state index is 5.46. The monoisotopic (exact) mass is 182 g/mol. The maximum atomic E-state index is 5.46. The number of hydrogen-bond acceptors (Lipinski definition) is 3. The molecule has 0 aliphatic carbocycles. The average molecular weight is 182 g/mol. The topological polar surface area (TPSA) is 47.1 Å². The first-order valence-corrected chi connectivity index (χ1v) is 4.51. The lowest BCUT2D eigenvalue weighted by Gasteiger charge is -2.14. The second-order valence-electron chi connectivity index (χ2n) is 3.44. The van der Waals surface area contributed by atoms with Gasteiger partial charge in [-0.15, -0.1) is 0 Å². The highest BCUT2D eigenvalue weighted by atomic mass is 15.3. The second kappa shape index (κ2) is 4.39. The van der Waals surface area contributed by atoms with Crippen molar-refractivity contribution < 1.29 is 0 Å². The first-order chi connectivity index (χ1) is 6.13. The summed E-state index contributed by atoms with van der Waals surface area (Å²) in [6, 6.07) is 0. The molecule has 1 aromatic rings. The molecule has 0 aromatic carbocycles. The molecule has 0 bridgehead atoms. The van der Waals surface area contributed by atoms with Gasteiger partial charge >= 0.3 is 0 Å². The van der Waals surface area contributed by atoms with Gasteiger partial charge in [-0.3, -0.25) is 4.68 Å². The molecule has 0 fully saturated rings. The van der Waals surface area contributed by atoms with Gasteiger partial charge in [-0.2, -0.15) is 5.10 Å². The maximum Gasteiger partial charge on any atom is 0.0638 e. The van der Waals surface area contributed by atoms with E-state index in [2.05, 4.69) is 23.2 Å². The number of nitrogens with zero attached hydrogens (tertiary/aromatic N) is 3. The van der Waals surface area contributed by atoms with Crippen LogP contribution in [0.5, 0.6) is 0 Å². The van der Waals surface area contributed by atoms with Crippen molar-refractivity contribution in [1.82, 2.24) is 14.7 Å². The van der Waals surface area contributed by atoms with Gasteiger partial charge < -0.3 is 10.6 Å². The highest BCUT2D eigenvalue weighted by Crippen LogP contribution is 2.06. The summed E-state index contributed by atoms with van der Waals surface area (Å²) in [6.45, 7) is 4.59. The highest BCUT2D eigenvalue weighted by Gasteiger charge is 2.05. The van der Waals surface area contributed by atoms with Crippen LogP contribution in [0.4, 0.5) is 0 Å². The third-order valence-corrected chi connectivity index (χ3v) is 2.07. The SMILES string of the molecule is Cc1nn(C)cc1CN(C)CCN. The lowest BCUT2D eigenvalue weighted by atomic mass is 10.2. The number of rotatable bonds is 4. The summed E-state index contributed by atoms with van der Waals surface area (Å²) in [5, 5.41) is 4.28. The van der Waals surface area contributed by atoms with Crippen LogP contribution in [0.25, 0.3) is 0 Å². The van der Waals surface area contributed by atoms with Crippen LogP contribution in [-0.4, -0.2) is 34.8 Å². The van der Waals surface area contributed by atoms with Gasteiger partial charge in [-0.25, -0.2) is 0 Å². The Morgan fingerprint density at radius 1 is 1.62 bits per heavy atom.